The fourth-order valence-electron chi connectivity index (χ4n) is 2.98. The first-order chi connectivity index (χ1) is 12.7. The number of pyridine rings is 1. The molecule has 0 saturated heterocycles. The van der Waals surface area contributed by atoms with Crippen LogP contribution in [0.4, 0.5) is 0 Å². The predicted octanol–water partition coefficient (Wildman–Crippen LogP) is 4.59. The molecule has 1 aromatic carbocycles. The average Bonchev–Trinajstić information content (AvgIpc) is 3.13. The average molecular weight is 412 g/mol. The molecule has 3 aromatic heterocycles. The van der Waals surface area contributed by atoms with Crippen LogP contribution in [0.2, 0.25) is 0 Å². The molecule has 6 nitrogen and oxygen atoms in total. The summed E-state index contributed by atoms with van der Waals surface area (Å²) in [6.45, 7) is 4.78. The maximum absolute atomic E-state index is 5.82. The van der Waals surface area contributed by atoms with Crippen LogP contribution in [-0.2, 0) is 0 Å². The van der Waals surface area contributed by atoms with E-state index in [4.69, 9.17) is 9.72 Å². The molecule has 0 unspecified atom stereocenters. The lowest BCUT2D eigenvalue weighted by Crippen LogP contribution is -1.99. The molecule has 26 heavy (non-hydrogen) atoms. The van der Waals surface area contributed by atoms with Crippen molar-refractivity contribution in [2.75, 3.05) is 6.61 Å². The summed E-state index contributed by atoms with van der Waals surface area (Å²) in [6.07, 6.45) is 7.41. The number of aryl methyl sites for hydroxylation is 1. The van der Waals surface area contributed by atoms with E-state index in [0.717, 1.165) is 56.6 Å². The van der Waals surface area contributed by atoms with Crippen LogP contribution in [0.15, 0.2) is 41.4 Å². The standard InChI is InChI=1S/C19H18BrN5O/c1-3-4-7-26-14-8-13(9-21-10-14)17-15(20)5-6-16-18(17)23-12(2)19-24-22-11-25(16)19/h5-6,8-11H,3-4,7H2,1-2H3. The Hall–Kier alpha value is -2.54. The number of hydrogen-bond donors (Lipinski definition) is 0. The van der Waals surface area contributed by atoms with Crippen molar-refractivity contribution in [3.63, 3.8) is 0 Å². The predicted molar refractivity (Wildman–Crippen MR) is 104 cm³/mol. The number of ether oxygens (including phenoxy) is 1. The minimum absolute atomic E-state index is 0.691. The highest BCUT2D eigenvalue weighted by Gasteiger charge is 2.15. The van der Waals surface area contributed by atoms with Crippen LogP contribution in [0, 0.1) is 6.92 Å². The maximum Gasteiger partial charge on any atom is 0.182 e. The Morgan fingerprint density at radius 3 is 2.96 bits per heavy atom. The summed E-state index contributed by atoms with van der Waals surface area (Å²) in [5.74, 6) is 0.766. The molecule has 0 radical (unpaired) electrons. The van der Waals surface area contributed by atoms with Gasteiger partial charge < -0.3 is 4.74 Å². The number of aromatic nitrogens is 5. The summed E-state index contributed by atoms with van der Waals surface area (Å²) < 4.78 is 8.73. The Morgan fingerprint density at radius 1 is 1.23 bits per heavy atom. The minimum atomic E-state index is 0.691. The van der Waals surface area contributed by atoms with Gasteiger partial charge in [0.2, 0.25) is 0 Å². The first-order valence-corrected chi connectivity index (χ1v) is 9.35. The smallest absolute Gasteiger partial charge is 0.182 e. The van der Waals surface area contributed by atoms with Crippen molar-refractivity contribution in [3.05, 3.63) is 47.1 Å². The number of nitrogens with zero attached hydrogens (tertiary/aromatic N) is 5. The molecular formula is C19H18BrN5O. The van der Waals surface area contributed by atoms with Gasteiger partial charge in [-0.2, -0.15) is 0 Å². The first kappa shape index (κ1) is 16.9. The fraction of sp³-hybridized carbons (Fsp3) is 0.263. The zero-order chi connectivity index (χ0) is 18.1. The molecule has 4 aromatic rings. The summed E-state index contributed by atoms with van der Waals surface area (Å²) in [7, 11) is 0. The lowest BCUT2D eigenvalue weighted by molar-refractivity contribution is 0.308. The maximum atomic E-state index is 5.82. The van der Waals surface area contributed by atoms with E-state index in [-0.39, 0.29) is 0 Å². The van der Waals surface area contributed by atoms with Gasteiger partial charge in [-0.1, -0.05) is 29.3 Å². The second kappa shape index (κ2) is 6.99. The van der Waals surface area contributed by atoms with Gasteiger partial charge in [0.25, 0.3) is 0 Å². The second-order valence-corrected chi connectivity index (χ2v) is 6.98. The fourth-order valence-corrected chi connectivity index (χ4v) is 3.53. The number of fused-ring (bicyclic) bond motifs is 3. The van der Waals surface area contributed by atoms with Gasteiger partial charge in [-0.05, 0) is 31.5 Å². The van der Waals surface area contributed by atoms with Gasteiger partial charge in [-0.25, -0.2) is 4.98 Å². The number of rotatable bonds is 5. The van der Waals surface area contributed by atoms with Gasteiger partial charge in [0.15, 0.2) is 5.65 Å². The van der Waals surface area contributed by atoms with Crippen LogP contribution in [0.1, 0.15) is 25.5 Å². The van der Waals surface area contributed by atoms with Gasteiger partial charge in [0, 0.05) is 21.8 Å². The normalized spacial score (nSPS) is 11.3. The monoisotopic (exact) mass is 411 g/mol. The molecule has 0 aliphatic carbocycles. The molecule has 0 N–H and O–H groups in total. The number of hydrogen-bond acceptors (Lipinski definition) is 5. The lowest BCUT2D eigenvalue weighted by Gasteiger charge is -2.12. The molecule has 4 rings (SSSR count). The Labute approximate surface area is 159 Å². The SMILES string of the molecule is CCCCOc1cncc(-c2c(Br)ccc3c2nc(C)c2nncn23)c1. The van der Waals surface area contributed by atoms with Gasteiger partial charge in [-0.3, -0.25) is 9.38 Å². The van der Waals surface area contributed by atoms with Gasteiger partial charge in [0.05, 0.1) is 29.5 Å². The zero-order valence-electron chi connectivity index (χ0n) is 14.6. The van der Waals surface area contributed by atoms with Gasteiger partial charge in [-0.15, -0.1) is 10.2 Å². The third-order valence-electron chi connectivity index (χ3n) is 4.28. The van der Waals surface area contributed by atoms with E-state index >= 15 is 0 Å². The molecule has 0 amide bonds. The van der Waals surface area contributed by atoms with Crippen LogP contribution >= 0.6 is 15.9 Å². The summed E-state index contributed by atoms with van der Waals surface area (Å²) in [5.41, 5.74) is 5.35. The van der Waals surface area contributed by atoms with E-state index in [2.05, 4.69) is 38.0 Å². The highest BCUT2D eigenvalue weighted by Crippen LogP contribution is 2.36. The van der Waals surface area contributed by atoms with Crippen molar-refractivity contribution in [2.24, 2.45) is 0 Å². The molecule has 0 fully saturated rings. The third kappa shape index (κ3) is 2.92. The first-order valence-electron chi connectivity index (χ1n) is 8.56. The minimum Gasteiger partial charge on any atom is -0.492 e. The van der Waals surface area contributed by atoms with E-state index in [0.29, 0.717) is 6.61 Å². The molecule has 0 spiro atoms. The van der Waals surface area contributed by atoms with Crippen LogP contribution < -0.4 is 4.74 Å². The van der Waals surface area contributed by atoms with Crippen molar-refractivity contribution >= 4 is 32.6 Å². The van der Waals surface area contributed by atoms with E-state index in [1.54, 1.807) is 12.5 Å². The molecule has 0 bridgehead atoms. The summed E-state index contributed by atoms with van der Waals surface area (Å²) >= 11 is 3.67. The topological polar surface area (TPSA) is 65.2 Å². The third-order valence-corrected chi connectivity index (χ3v) is 4.95. The molecule has 7 heteroatoms. The van der Waals surface area contributed by atoms with Crippen molar-refractivity contribution < 1.29 is 4.74 Å². The van der Waals surface area contributed by atoms with Gasteiger partial charge in [0.1, 0.15) is 12.1 Å². The molecule has 0 atom stereocenters. The summed E-state index contributed by atoms with van der Waals surface area (Å²) in [4.78, 5) is 9.15. The summed E-state index contributed by atoms with van der Waals surface area (Å²) in [6, 6.07) is 6.04. The highest BCUT2D eigenvalue weighted by atomic mass is 79.9. The van der Waals surface area contributed by atoms with E-state index in [9.17, 15) is 0 Å². The highest BCUT2D eigenvalue weighted by molar-refractivity contribution is 9.10. The second-order valence-electron chi connectivity index (χ2n) is 6.12. The van der Waals surface area contributed by atoms with Crippen LogP contribution in [0.25, 0.3) is 27.8 Å². The Balaban J connectivity index is 1.90. The van der Waals surface area contributed by atoms with Gasteiger partial charge >= 0.3 is 0 Å². The number of halogens is 1. The lowest BCUT2D eigenvalue weighted by atomic mass is 10.1. The Bertz CT molecular complexity index is 1090. The largest absolute Gasteiger partial charge is 0.492 e. The Kier molecular flexibility index (Phi) is 4.55. The van der Waals surface area contributed by atoms with Crippen LogP contribution in [0.3, 0.4) is 0 Å². The molecule has 132 valence electrons. The molecule has 0 saturated carbocycles. The molecule has 3 heterocycles. The van der Waals surface area contributed by atoms with E-state index < -0.39 is 0 Å². The van der Waals surface area contributed by atoms with Crippen LogP contribution in [0.5, 0.6) is 5.75 Å². The van der Waals surface area contributed by atoms with E-state index in [1.165, 1.54) is 0 Å². The van der Waals surface area contributed by atoms with E-state index in [1.807, 2.05) is 35.7 Å². The number of unbranched alkanes of at least 4 members (excludes halogenated alkanes) is 1. The zero-order valence-corrected chi connectivity index (χ0v) is 16.2. The van der Waals surface area contributed by atoms with Crippen molar-refractivity contribution in [1.82, 2.24) is 24.6 Å². The Morgan fingerprint density at radius 2 is 2.12 bits per heavy atom. The molecule has 0 aliphatic rings. The molecular weight excluding hydrogens is 394 g/mol. The molecule has 0 aliphatic heterocycles. The quantitative estimate of drug-likeness (QED) is 0.449. The van der Waals surface area contributed by atoms with Crippen molar-refractivity contribution in [3.8, 4) is 16.9 Å². The van der Waals surface area contributed by atoms with Crippen molar-refractivity contribution in [1.29, 1.82) is 0 Å². The van der Waals surface area contributed by atoms with Crippen LogP contribution in [-0.4, -0.2) is 31.2 Å². The summed E-state index contributed by atoms with van der Waals surface area (Å²) in [5, 5.41) is 8.18. The number of benzene rings is 1. The van der Waals surface area contributed by atoms with Crippen molar-refractivity contribution in [2.45, 2.75) is 26.7 Å².